The number of rotatable bonds is 8. The molecule has 4 atom stereocenters. The highest BCUT2D eigenvalue weighted by molar-refractivity contribution is 5.92. The largest absolute Gasteiger partial charge is 0.488 e. The van der Waals surface area contributed by atoms with Crippen LogP contribution in [0.5, 0.6) is 5.75 Å². The van der Waals surface area contributed by atoms with E-state index < -0.39 is 41.4 Å². The highest BCUT2D eigenvalue weighted by atomic mass is 16.5. The fourth-order valence-corrected chi connectivity index (χ4v) is 4.40. The van der Waals surface area contributed by atoms with Crippen LogP contribution < -0.4 is 21.3 Å². The number of hydrogen-bond donors (Lipinski definition) is 3. The molecular formula is C25H29N5O5. The first-order valence-corrected chi connectivity index (χ1v) is 11.4. The molecule has 4 rings (SSSR count). The number of aromatic amines is 1. The topological polar surface area (TPSA) is 130 Å². The number of aliphatic hydroxyl groups is 1. The van der Waals surface area contributed by atoms with Crippen LogP contribution in [-0.2, 0) is 13.5 Å². The molecule has 0 radical (unpaired) electrons. The first-order valence-electron chi connectivity index (χ1n) is 11.4. The molecule has 184 valence electrons. The van der Waals surface area contributed by atoms with E-state index in [1.54, 1.807) is 6.20 Å². The zero-order chi connectivity index (χ0) is 24.9. The van der Waals surface area contributed by atoms with Crippen molar-refractivity contribution in [3.8, 4) is 5.75 Å². The van der Waals surface area contributed by atoms with Gasteiger partial charge in [0.15, 0.2) is 0 Å². The van der Waals surface area contributed by atoms with Crippen LogP contribution in [0.1, 0.15) is 22.6 Å². The lowest BCUT2D eigenvalue weighted by molar-refractivity contribution is 0.0148. The van der Waals surface area contributed by atoms with Crippen LogP contribution in [0.25, 0.3) is 0 Å². The lowest BCUT2D eigenvalue weighted by Gasteiger charge is -2.32. The molecule has 1 amide bonds. The van der Waals surface area contributed by atoms with E-state index in [0.29, 0.717) is 25.1 Å². The third kappa shape index (κ3) is 5.67. The lowest BCUT2D eigenvalue weighted by atomic mass is 10.1. The van der Waals surface area contributed by atoms with Crippen molar-refractivity contribution >= 4 is 5.91 Å². The summed E-state index contributed by atoms with van der Waals surface area (Å²) >= 11 is 0. The van der Waals surface area contributed by atoms with Gasteiger partial charge in [0.2, 0.25) is 0 Å². The summed E-state index contributed by atoms with van der Waals surface area (Å²) in [7, 11) is 3.20. The van der Waals surface area contributed by atoms with Gasteiger partial charge in [0.1, 0.15) is 23.7 Å². The number of benzene rings is 1. The standard InChI is InChI=1S/C25H29N5O5/c1-29(13-11-16-8-6-7-12-26-16)22-18(14-20(23(22)32)35-17-9-4-3-5-10-17)27-24(33)19-15-21(31)30(2)25(34)28-19/h3-10,12,15,18,20,22-23,32H,11,13-14H2,1-2H3,(H,27,33)(H,28,34)/t18-,20-,22+,23+/m1/s1. The Morgan fingerprint density at radius 3 is 2.66 bits per heavy atom. The van der Waals surface area contributed by atoms with Gasteiger partial charge in [-0.05, 0) is 31.3 Å². The van der Waals surface area contributed by atoms with Gasteiger partial charge in [-0.1, -0.05) is 24.3 Å². The van der Waals surface area contributed by atoms with E-state index in [9.17, 15) is 19.5 Å². The van der Waals surface area contributed by atoms with Crippen molar-refractivity contribution in [3.05, 3.63) is 93.0 Å². The second-order valence-electron chi connectivity index (χ2n) is 8.70. The van der Waals surface area contributed by atoms with Crippen molar-refractivity contribution in [2.75, 3.05) is 13.6 Å². The number of carbonyl (C=O) groups is 1. The van der Waals surface area contributed by atoms with Crippen LogP contribution in [0.4, 0.5) is 0 Å². The summed E-state index contributed by atoms with van der Waals surface area (Å²) in [6, 6.07) is 15.0. The highest BCUT2D eigenvalue weighted by Crippen LogP contribution is 2.29. The normalized spacial score (nSPS) is 21.7. The lowest BCUT2D eigenvalue weighted by Crippen LogP contribution is -2.53. The maximum atomic E-state index is 13.0. The number of hydrogen-bond acceptors (Lipinski definition) is 7. The van der Waals surface area contributed by atoms with E-state index in [-0.39, 0.29) is 5.69 Å². The van der Waals surface area contributed by atoms with E-state index in [4.69, 9.17) is 4.74 Å². The molecule has 3 N–H and O–H groups in total. The Kier molecular flexibility index (Phi) is 7.42. The van der Waals surface area contributed by atoms with E-state index >= 15 is 0 Å². The summed E-state index contributed by atoms with van der Waals surface area (Å²) < 4.78 is 6.93. The van der Waals surface area contributed by atoms with E-state index in [2.05, 4.69) is 15.3 Å². The molecule has 10 heteroatoms. The molecule has 3 aromatic rings. The van der Waals surface area contributed by atoms with Crippen molar-refractivity contribution in [1.29, 1.82) is 0 Å². The maximum Gasteiger partial charge on any atom is 0.328 e. The minimum absolute atomic E-state index is 0.130. The molecule has 2 heterocycles. The Hall–Kier alpha value is -3.76. The van der Waals surface area contributed by atoms with Gasteiger partial charge in [-0.15, -0.1) is 0 Å². The molecule has 0 spiro atoms. The number of H-pyrrole nitrogens is 1. The minimum atomic E-state index is -0.892. The summed E-state index contributed by atoms with van der Waals surface area (Å²) in [5.41, 5.74) is -0.472. The fraction of sp³-hybridized carbons (Fsp3) is 0.360. The SMILES string of the molecule is CN(CCc1ccccn1)[C@@H]1[C@@H](O)[C@H](Oc2ccccc2)C[C@H]1NC(=O)c1cc(=O)n(C)c(=O)[nH]1. The highest BCUT2D eigenvalue weighted by Gasteiger charge is 2.46. The number of aromatic nitrogens is 3. The van der Waals surface area contributed by atoms with Crippen molar-refractivity contribution in [2.24, 2.45) is 7.05 Å². The smallest absolute Gasteiger partial charge is 0.328 e. The van der Waals surface area contributed by atoms with Gasteiger partial charge < -0.3 is 20.1 Å². The summed E-state index contributed by atoms with van der Waals surface area (Å²) in [4.78, 5) is 45.7. The Bertz CT molecular complexity index is 1230. The van der Waals surface area contributed by atoms with Crippen LogP contribution in [0.15, 0.2) is 70.4 Å². The molecule has 0 unspecified atom stereocenters. The molecular weight excluding hydrogens is 450 g/mol. The maximum absolute atomic E-state index is 13.0. The molecule has 1 fully saturated rings. The Labute approximate surface area is 202 Å². The number of nitrogens with zero attached hydrogens (tertiary/aromatic N) is 3. The average Bonchev–Trinajstić information content (AvgIpc) is 3.16. The van der Waals surface area contributed by atoms with Crippen LogP contribution in [0.2, 0.25) is 0 Å². The number of carbonyl (C=O) groups excluding carboxylic acids is 1. The number of pyridine rings is 1. The fourth-order valence-electron chi connectivity index (χ4n) is 4.40. The Morgan fingerprint density at radius 1 is 1.23 bits per heavy atom. The van der Waals surface area contributed by atoms with Crippen LogP contribution >= 0.6 is 0 Å². The van der Waals surface area contributed by atoms with Crippen LogP contribution in [0.3, 0.4) is 0 Å². The van der Waals surface area contributed by atoms with Crippen molar-refractivity contribution in [3.63, 3.8) is 0 Å². The first kappa shape index (κ1) is 24.4. The second kappa shape index (κ2) is 10.7. The molecule has 1 aromatic carbocycles. The Balaban J connectivity index is 1.54. The molecule has 1 aliphatic rings. The predicted octanol–water partition coefficient (Wildman–Crippen LogP) is 0.322. The third-order valence-corrected chi connectivity index (χ3v) is 6.32. The number of ether oxygens (including phenoxy) is 1. The molecule has 2 aromatic heterocycles. The van der Waals surface area contributed by atoms with E-state index in [1.807, 2.05) is 60.5 Å². The number of para-hydroxylation sites is 1. The first-order chi connectivity index (χ1) is 16.8. The molecule has 1 aliphatic carbocycles. The number of nitrogens with one attached hydrogen (secondary N) is 2. The van der Waals surface area contributed by atoms with Crippen molar-refractivity contribution in [1.82, 2.24) is 24.8 Å². The summed E-state index contributed by atoms with van der Waals surface area (Å²) in [5, 5.41) is 14.1. The van der Waals surface area contributed by atoms with Gasteiger partial charge in [0.25, 0.3) is 11.5 Å². The summed E-state index contributed by atoms with van der Waals surface area (Å²) in [6.45, 7) is 0.589. The van der Waals surface area contributed by atoms with E-state index in [0.717, 1.165) is 16.3 Å². The summed E-state index contributed by atoms with van der Waals surface area (Å²) in [5.74, 6) is 0.0230. The minimum Gasteiger partial charge on any atom is -0.488 e. The van der Waals surface area contributed by atoms with Gasteiger partial charge >= 0.3 is 5.69 Å². The van der Waals surface area contributed by atoms with E-state index in [1.165, 1.54) is 7.05 Å². The van der Waals surface area contributed by atoms with Gasteiger partial charge in [-0.3, -0.25) is 24.0 Å². The zero-order valence-electron chi connectivity index (χ0n) is 19.6. The molecule has 35 heavy (non-hydrogen) atoms. The molecule has 10 nitrogen and oxygen atoms in total. The number of likely N-dealkylation sites (N-methyl/N-ethyl adjacent to an activating group) is 1. The zero-order valence-corrected chi connectivity index (χ0v) is 19.6. The van der Waals surface area contributed by atoms with Gasteiger partial charge in [-0.25, -0.2) is 4.79 Å². The Morgan fingerprint density at radius 2 is 1.97 bits per heavy atom. The molecule has 0 aliphatic heterocycles. The predicted molar refractivity (Wildman–Crippen MR) is 129 cm³/mol. The quantitative estimate of drug-likeness (QED) is 0.424. The summed E-state index contributed by atoms with van der Waals surface area (Å²) in [6.07, 6.45) is 1.28. The van der Waals surface area contributed by atoms with Crippen LogP contribution in [0, 0.1) is 0 Å². The van der Waals surface area contributed by atoms with Crippen molar-refractivity contribution < 1.29 is 14.6 Å². The molecule has 0 saturated heterocycles. The van der Waals surface area contributed by atoms with Crippen molar-refractivity contribution in [2.45, 2.75) is 37.1 Å². The molecule has 0 bridgehead atoms. The monoisotopic (exact) mass is 479 g/mol. The number of amides is 1. The third-order valence-electron chi connectivity index (χ3n) is 6.32. The molecule has 1 saturated carbocycles. The van der Waals surface area contributed by atoms with Gasteiger partial charge in [-0.2, -0.15) is 0 Å². The van der Waals surface area contributed by atoms with Gasteiger partial charge in [0, 0.05) is 44.4 Å². The average molecular weight is 480 g/mol. The number of aliphatic hydroxyl groups excluding tert-OH is 1. The van der Waals surface area contributed by atoms with Gasteiger partial charge in [0.05, 0.1) is 12.1 Å². The second-order valence-corrected chi connectivity index (χ2v) is 8.70. The van der Waals surface area contributed by atoms with Crippen LogP contribution in [-0.4, -0.2) is 68.3 Å².